The van der Waals surface area contributed by atoms with Crippen LogP contribution >= 0.6 is 0 Å². The Morgan fingerprint density at radius 1 is 0.926 bits per heavy atom. The maximum atomic E-state index is 4.77. The minimum Gasteiger partial charge on any atom is -0.363 e. The second kappa shape index (κ2) is 6.88. The van der Waals surface area contributed by atoms with Gasteiger partial charge in [-0.1, -0.05) is 36.4 Å². The third-order valence-corrected chi connectivity index (χ3v) is 4.87. The lowest BCUT2D eigenvalue weighted by molar-refractivity contribution is 0.872. The third-order valence-electron chi connectivity index (χ3n) is 4.87. The van der Waals surface area contributed by atoms with Gasteiger partial charge in [-0.15, -0.1) is 0 Å². The van der Waals surface area contributed by atoms with Crippen LogP contribution in [-0.4, -0.2) is 14.8 Å². The summed E-state index contributed by atoms with van der Waals surface area (Å²) in [7, 11) is 0. The van der Waals surface area contributed by atoms with E-state index in [-0.39, 0.29) is 6.04 Å². The van der Waals surface area contributed by atoms with E-state index in [1.54, 1.807) is 0 Å². The van der Waals surface area contributed by atoms with Crippen molar-refractivity contribution in [3.8, 4) is 5.69 Å². The molecule has 0 aliphatic carbocycles. The molecule has 4 rings (SSSR count). The van der Waals surface area contributed by atoms with Gasteiger partial charge in [0.1, 0.15) is 5.82 Å². The Bertz CT molecular complexity index is 1080. The molecule has 1 atom stereocenters. The predicted octanol–water partition coefficient (Wildman–Crippen LogP) is 5.52. The molecule has 0 aliphatic rings. The average molecular weight is 356 g/mol. The minimum atomic E-state index is 0.176. The highest BCUT2D eigenvalue weighted by atomic mass is 15.3. The molecule has 0 spiro atoms. The summed E-state index contributed by atoms with van der Waals surface area (Å²) in [4.78, 5) is 4.61. The Balaban J connectivity index is 1.75. The van der Waals surface area contributed by atoms with Crippen molar-refractivity contribution in [2.24, 2.45) is 0 Å². The molecule has 1 N–H and O–H groups in total. The number of aromatic nitrogens is 3. The molecule has 4 nitrogen and oxygen atoms in total. The van der Waals surface area contributed by atoms with Gasteiger partial charge in [0, 0.05) is 23.7 Å². The average Bonchev–Trinajstić information content (AvgIpc) is 2.98. The van der Waals surface area contributed by atoms with Crippen LogP contribution in [0.4, 0.5) is 5.82 Å². The SMILES string of the molecule is Cc1cc(C)cc(-n2nc(C)c3cnc(N[C@@H](C)c4ccccc4)cc32)c1. The van der Waals surface area contributed by atoms with Gasteiger partial charge in [-0.3, -0.25) is 0 Å². The number of rotatable bonds is 4. The molecule has 0 bridgehead atoms. The van der Waals surface area contributed by atoms with E-state index in [1.807, 2.05) is 23.9 Å². The minimum absolute atomic E-state index is 0.176. The first-order valence-corrected chi connectivity index (χ1v) is 9.27. The van der Waals surface area contributed by atoms with Gasteiger partial charge in [0.05, 0.1) is 16.9 Å². The number of fused-ring (bicyclic) bond motifs is 1. The number of nitrogens with zero attached hydrogens (tertiary/aromatic N) is 3. The van der Waals surface area contributed by atoms with E-state index in [9.17, 15) is 0 Å². The molecule has 0 radical (unpaired) electrons. The quantitative estimate of drug-likeness (QED) is 0.523. The van der Waals surface area contributed by atoms with E-state index in [0.717, 1.165) is 28.1 Å². The van der Waals surface area contributed by atoms with Gasteiger partial charge < -0.3 is 5.32 Å². The Hall–Kier alpha value is -3.14. The topological polar surface area (TPSA) is 42.7 Å². The van der Waals surface area contributed by atoms with Crippen molar-refractivity contribution in [1.82, 2.24) is 14.8 Å². The van der Waals surface area contributed by atoms with Crippen LogP contribution in [0.5, 0.6) is 0 Å². The molecule has 2 aromatic heterocycles. The van der Waals surface area contributed by atoms with Gasteiger partial charge in [-0.05, 0) is 56.5 Å². The molecule has 0 amide bonds. The number of nitrogens with one attached hydrogen (secondary N) is 1. The van der Waals surface area contributed by atoms with Gasteiger partial charge in [0.15, 0.2) is 0 Å². The number of pyridine rings is 1. The molecule has 0 saturated heterocycles. The predicted molar refractivity (Wildman–Crippen MR) is 112 cm³/mol. The first kappa shape index (κ1) is 17.3. The van der Waals surface area contributed by atoms with Crippen molar-refractivity contribution in [3.63, 3.8) is 0 Å². The van der Waals surface area contributed by atoms with Crippen LogP contribution in [0.25, 0.3) is 16.6 Å². The summed E-state index contributed by atoms with van der Waals surface area (Å²) in [6.45, 7) is 8.41. The summed E-state index contributed by atoms with van der Waals surface area (Å²) < 4.78 is 2.02. The second-order valence-electron chi connectivity index (χ2n) is 7.21. The molecule has 27 heavy (non-hydrogen) atoms. The maximum absolute atomic E-state index is 4.77. The summed E-state index contributed by atoms with van der Waals surface area (Å²) in [5.74, 6) is 0.851. The summed E-state index contributed by atoms with van der Waals surface area (Å²) in [5.41, 5.74) is 6.83. The van der Waals surface area contributed by atoms with Crippen LogP contribution in [-0.2, 0) is 0 Å². The first-order chi connectivity index (χ1) is 13.0. The number of hydrogen-bond donors (Lipinski definition) is 1. The Morgan fingerprint density at radius 3 is 2.33 bits per heavy atom. The summed E-state index contributed by atoms with van der Waals surface area (Å²) in [6.07, 6.45) is 1.91. The van der Waals surface area contributed by atoms with Gasteiger partial charge in [-0.2, -0.15) is 5.10 Å². The van der Waals surface area contributed by atoms with E-state index in [4.69, 9.17) is 5.10 Å². The van der Waals surface area contributed by atoms with Crippen molar-refractivity contribution >= 4 is 16.7 Å². The first-order valence-electron chi connectivity index (χ1n) is 9.27. The second-order valence-corrected chi connectivity index (χ2v) is 7.21. The van der Waals surface area contributed by atoms with E-state index < -0.39 is 0 Å². The largest absolute Gasteiger partial charge is 0.363 e. The van der Waals surface area contributed by atoms with Gasteiger partial charge in [0.25, 0.3) is 0 Å². The summed E-state index contributed by atoms with van der Waals surface area (Å²) in [6, 6.07) is 19.2. The molecular formula is C23H24N4. The van der Waals surface area contributed by atoms with E-state index in [2.05, 4.69) is 79.6 Å². The summed E-state index contributed by atoms with van der Waals surface area (Å²) >= 11 is 0. The molecule has 136 valence electrons. The Morgan fingerprint density at radius 2 is 1.63 bits per heavy atom. The molecule has 4 aromatic rings. The fraction of sp³-hybridized carbons (Fsp3) is 0.217. The lowest BCUT2D eigenvalue weighted by Crippen LogP contribution is -2.08. The smallest absolute Gasteiger partial charge is 0.128 e. The van der Waals surface area contributed by atoms with Gasteiger partial charge >= 0.3 is 0 Å². The molecule has 0 aliphatic heterocycles. The van der Waals surface area contributed by atoms with Crippen molar-refractivity contribution in [2.75, 3.05) is 5.32 Å². The fourth-order valence-corrected chi connectivity index (χ4v) is 3.55. The number of benzene rings is 2. The zero-order chi connectivity index (χ0) is 19.0. The third kappa shape index (κ3) is 3.43. The standard InChI is InChI=1S/C23H24N4/c1-15-10-16(2)12-20(11-15)27-22-13-23(24-14-21(22)18(4)26-27)25-17(3)19-8-6-5-7-9-19/h5-14,17H,1-4H3,(H,24,25)/t17-/m0/s1. The Labute approximate surface area is 159 Å². The molecule has 0 unspecified atom stereocenters. The van der Waals surface area contributed by atoms with Crippen LogP contribution in [0.3, 0.4) is 0 Å². The molecule has 2 aromatic carbocycles. The zero-order valence-electron chi connectivity index (χ0n) is 16.2. The van der Waals surface area contributed by atoms with Crippen molar-refractivity contribution in [3.05, 3.63) is 83.2 Å². The highest BCUT2D eigenvalue weighted by molar-refractivity contribution is 5.84. The van der Waals surface area contributed by atoms with Crippen LogP contribution in [0.15, 0.2) is 60.8 Å². The highest BCUT2D eigenvalue weighted by Gasteiger charge is 2.13. The number of hydrogen-bond acceptors (Lipinski definition) is 3. The van der Waals surface area contributed by atoms with Crippen LogP contribution in [0.1, 0.15) is 35.3 Å². The van der Waals surface area contributed by atoms with E-state index in [0.29, 0.717) is 0 Å². The van der Waals surface area contributed by atoms with Crippen LogP contribution in [0, 0.1) is 20.8 Å². The number of aryl methyl sites for hydroxylation is 3. The van der Waals surface area contributed by atoms with Crippen molar-refractivity contribution in [1.29, 1.82) is 0 Å². The normalized spacial score (nSPS) is 12.3. The number of anilines is 1. The monoisotopic (exact) mass is 356 g/mol. The fourth-order valence-electron chi connectivity index (χ4n) is 3.55. The summed E-state index contributed by atoms with van der Waals surface area (Å²) in [5, 5.41) is 9.35. The molecule has 0 fully saturated rings. The zero-order valence-corrected chi connectivity index (χ0v) is 16.2. The molecule has 2 heterocycles. The van der Waals surface area contributed by atoms with E-state index >= 15 is 0 Å². The highest BCUT2D eigenvalue weighted by Crippen LogP contribution is 2.26. The van der Waals surface area contributed by atoms with Crippen molar-refractivity contribution in [2.45, 2.75) is 33.7 Å². The van der Waals surface area contributed by atoms with Gasteiger partial charge in [-0.25, -0.2) is 9.67 Å². The van der Waals surface area contributed by atoms with Crippen LogP contribution in [0.2, 0.25) is 0 Å². The van der Waals surface area contributed by atoms with Gasteiger partial charge in [0.2, 0.25) is 0 Å². The van der Waals surface area contributed by atoms with Crippen molar-refractivity contribution < 1.29 is 0 Å². The lowest BCUT2D eigenvalue weighted by Gasteiger charge is -2.15. The molecular weight excluding hydrogens is 332 g/mol. The lowest BCUT2D eigenvalue weighted by atomic mass is 10.1. The molecule has 4 heteroatoms. The Kier molecular flexibility index (Phi) is 4.40. The molecule has 0 saturated carbocycles. The van der Waals surface area contributed by atoms with Crippen LogP contribution < -0.4 is 5.32 Å². The van der Waals surface area contributed by atoms with E-state index in [1.165, 1.54) is 16.7 Å². The maximum Gasteiger partial charge on any atom is 0.128 e.